The zero-order chi connectivity index (χ0) is 17.7. The molecule has 0 bridgehead atoms. The number of hydrogen-bond donors (Lipinski definition) is 2. The lowest BCUT2D eigenvalue weighted by Crippen LogP contribution is -2.50. The van der Waals surface area contributed by atoms with Gasteiger partial charge < -0.3 is 20.1 Å². The molecule has 0 unspecified atom stereocenters. The number of benzene rings is 1. The lowest BCUT2D eigenvalue weighted by atomic mass is 9.94. The van der Waals surface area contributed by atoms with Gasteiger partial charge in [-0.25, -0.2) is 13.6 Å². The van der Waals surface area contributed by atoms with Gasteiger partial charge in [0.2, 0.25) is 0 Å². The highest BCUT2D eigenvalue weighted by molar-refractivity contribution is 5.74. The standard InChI is InChI=1S/C17H24F2N2O3/c1-12(14-4-3-13(18)9-15(14)19)10-20-16(22)21(2)11-17(23)5-7-24-8-6-17/h3-4,9,12,23H,5-8,10-11H2,1-2H3,(H,20,22)/t12-/m0/s1. The van der Waals surface area contributed by atoms with Gasteiger partial charge in [-0.2, -0.15) is 0 Å². The summed E-state index contributed by atoms with van der Waals surface area (Å²) in [6.07, 6.45) is 0.976. The number of urea groups is 1. The maximum atomic E-state index is 13.7. The summed E-state index contributed by atoms with van der Waals surface area (Å²) >= 11 is 0. The van der Waals surface area contributed by atoms with Crippen molar-refractivity contribution in [2.75, 3.05) is 33.4 Å². The average molecular weight is 342 g/mol. The van der Waals surface area contributed by atoms with Crippen LogP contribution in [0.1, 0.15) is 31.2 Å². The van der Waals surface area contributed by atoms with E-state index in [1.54, 1.807) is 14.0 Å². The molecule has 5 nitrogen and oxygen atoms in total. The summed E-state index contributed by atoms with van der Waals surface area (Å²) in [5.74, 6) is -1.55. The molecule has 1 aromatic rings. The van der Waals surface area contributed by atoms with Crippen molar-refractivity contribution >= 4 is 6.03 Å². The average Bonchev–Trinajstić information content (AvgIpc) is 2.52. The highest BCUT2D eigenvalue weighted by Gasteiger charge is 2.32. The predicted molar refractivity (Wildman–Crippen MR) is 85.8 cm³/mol. The molecular formula is C17H24F2N2O3. The first-order chi connectivity index (χ1) is 11.3. The van der Waals surface area contributed by atoms with Gasteiger partial charge in [0.15, 0.2) is 0 Å². The molecule has 1 saturated heterocycles. The second-order valence-corrected chi connectivity index (χ2v) is 6.45. The number of nitrogens with one attached hydrogen (secondary N) is 1. The van der Waals surface area contributed by atoms with Crippen LogP contribution in [-0.2, 0) is 4.74 Å². The number of halogens is 2. The third-order valence-corrected chi connectivity index (χ3v) is 4.35. The largest absolute Gasteiger partial charge is 0.388 e. The number of hydrogen-bond acceptors (Lipinski definition) is 3. The molecular weight excluding hydrogens is 318 g/mol. The van der Waals surface area contributed by atoms with E-state index in [4.69, 9.17) is 4.74 Å². The first-order valence-electron chi connectivity index (χ1n) is 8.05. The summed E-state index contributed by atoms with van der Waals surface area (Å²) in [6, 6.07) is 3.07. The number of nitrogens with zero attached hydrogens (tertiary/aromatic N) is 1. The van der Waals surface area contributed by atoms with E-state index in [1.165, 1.54) is 17.0 Å². The molecule has 1 atom stereocenters. The Kier molecular flexibility index (Phi) is 6.12. The van der Waals surface area contributed by atoms with Gasteiger partial charge in [-0.1, -0.05) is 13.0 Å². The molecule has 1 fully saturated rings. The monoisotopic (exact) mass is 342 g/mol. The number of amides is 2. The van der Waals surface area contributed by atoms with Crippen molar-refractivity contribution in [1.29, 1.82) is 0 Å². The lowest BCUT2D eigenvalue weighted by molar-refractivity contribution is -0.0722. The first kappa shape index (κ1) is 18.6. The van der Waals surface area contributed by atoms with Crippen LogP contribution in [0.4, 0.5) is 13.6 Å². The van der Waals surface area contributed by atoms with Crippen LogP contribution in [0.2, 0.25) is 0 Å². The molecule has 2 rings (SSSR count). The van der Waals surface area contributed by atoms with Crippen molar-refractivity contribution in [2.24, 2.45) is 0 Å². The van der Waals surface area contributed by atoms with Crippen LogP contribution in [0.25, 0.3) is 0 Å². The molecule has 0 spiro atoms. The molecule has 24 heavy (non-hydrogen) atoms. The van der Waals surface area contributed by atoms with Crippen molar-refractivity contribution in [3.8, 4) is 0 Å². The van der Waals surface area contributed by atoms with Gasteiger partial charge in [0.05, 0.1) is 12.1 Å². The summed E-state index contributed by atoms with van der Waals surface area (Å²) in [6.45, 7) is 3.14. The molecule has 134 valence electrons. The Labute approximate surface area is 140 Å². The lowest BCUT2D eigenvalue weighted by Gasteiger charge is -2.35. The second-order valence-electron chi connectivity index (χ2n) is 6.45. The third-order valence-electron chi connectivity index (χ3n) is 4.35. The van der Waals surface area contributed by atoms with Gasteiger partial charge in [0, 0.05) is 51.6 Å². The molecule has 7 heteroatoms. The Hall–Kier alpha value is -1.73. The van der Waals surface area contributed by atoms with E-state index in [2.05, 4.69) is 5.32 Å². The fourth-order valence-electron chi connectivity index (χ4n) is 2.81. The fraction of sp³-hybridized carbons (Fsp3) is 0.588. The zero-order valence-electron chi connectivity index (χ0n) is 14.0. The predicted octanol–water partition coefficient (Wildman–Crippen LogP) is 2.25. The normalized spacial score (nSPS) is 18.0. The third kappa shape index (κ3) is 4.88. The minimum absolute atomic E-state index is 0.210. The van der Waals surface area contributed by atoms with Gasteiger partial charge in [-0.15, -0.1) is 0 Å². The Balaban J connectivity index is 1.85. The molecule has 0 saturated carbocycles. The maximum Gasteiger partial charge on any atom is 0.317 e. The van der Waals surface area contributed by atoms with Gasteiger partial charge in [0.25, 0.3) is 0 Å². The van der Waals surface area contributed by atoms with E-state index in [9.17, 15) is 18.7 Å². The van der Waals surface area contributed by atoms with Crippen LogP contribution in [-0.4, -0.2) is 55.0 Å². The number of aliphatic hydroxyl groups is 1. The Morgan fingerprint density at radius 1 is 1.42 bits per heavy atom. The van der Waals surface area contributed by atoms with E-state index in [0.717, 1.165) is 6.07 Å². The van der Waals surface area contributed by atoms with E-state index in [0.29, 0.717) is 31.6 Å². The molecule has 1 aliphatic rings. The van der Waals surface area contributed by atoms with Crippen molar-refractivity contribution in [3.63, 3.8) is 0 Å². The molecule has 0 aromatic heterocycles. The van der Waals surface area contributed by atoms with Gasteiger partial charge in [0.1, 0.15) is 11.6 Å². The maximum absolute atomic E-state index is 13.7. The minimum Gasteiger partial charge on any atom is -0.388 e. The van der Waals surface area contributed by atoms with Gasteiger partial charge >= 0.3 is 6.03 Å². The van der Waals surface area contributed by atoms with E-state index in [1.807, 2.05) is 0 Å². The van der Waals surface area contributed by atoms with E-state index in [-0.39, 0.29) is 25.0 Å². The molecule has 1 aromatic carbocycles. The van der Waals surface area contributed by atoms with E-state index < -0.39 is 17.2 Å². The van der Waals surface area contributed by atoms with Crippen molar-refractivity contribution in [2.45, 2.75) is 31.3 Å². The molecule has 2 amide bonds. The number of carbonyl (C=O) groups excluding carboxylic acids is 1. The summed E-state index contributed by atoms with van der Waals surface area (Å²) in [7, 11) is 1.60. The molecule has 0 aliphatic carbocycles. The van der Waals surface area contributed by atoms with Crippen LogP contribution >= 0.6 is 0 Å². The van der Waals surface area contributed by atoms with Gasteiger partial charge in [-0.05, 0) is 11.6 Å². The summed E-state index contributed by atoms with van der Waals surface area (Å²) < 4.78 is 31.9. The number of rotatable bonds is 5. The van der Waals surface area contributed by atoms with Crippen molar-refractivity contribution in [3.05, 3.63) is 35.4 Å². The fourth-order valence-corrected chi connectivity index (χ4v) is 2.81. The van der Waals surface area contributed by atoms with E-state index >= 15 is 0 Å². The van der Waals surface area contributed by atoms with Crippen LogP contribution in [0.15, 0.2) is 18.2 Å². The number of ether oxygens (including phenoxy) is 1. The first-order valence-corrected chi connectivity index (χ1v) is 8.05. The highest BCUT2D eigenvalue weighted by Crippen LogP contribution is 2.22. The van der Waals surface area contributed by atoms with Crippen LogP contribution in [0.3, 0.4) is 0 Å². The number of likely N-dealkylation sites (N-methyl/N-ethyl adjacent to an activating group) is 1. The van der Waals surface area contributed by atoms with Crippen molar-refractivity contribution < 1.29 is 23.4 Å². The molecule has 1 heterocycles. The minimum atomic E-state index is -0.932. The summed E-state index contributed by atoms with van der Waals surface area (Å²) in [5, 5.41) is 13.1. The van der Waals surface area contributed by atoms with Crippen LogP contribution in [0.5, 0.6) is 0 Å². The molecule has 0 radical (unpaired) electrons. The molecule has 2 N–H and O–H groups in total. The number of carbonyl (C=O) groups is 1. The quantitative estimate of drug-likeness (QED) is 0.863. The van der Waals surface area contributed by atoms with Gasteiger partial charge in [-0.3, -0.25) is 0 Å². The Morgan fingerprint density at radius 3 is 2.71 bits per heavy atom. The van der Waals surface area contributed by atoms with Crippen LogP contribution in [0, 0.1) is 11.6 Å². The zero-order valence-corrected chi connectivity index (χ0v) is 14.0. The van der Waals surface area contributed by atoms with Crippen molar-refractivity contribution in [1.82, 2.24) is 10.2 Å². The highest BCUT2D eigenvalue weighted by atomic mass is 19.1. The molecule has 1 aliphatic heterocycles. The summed E-state index contributed by atoms with van der Waals surface area (Å²) in [4.78, 5) is 13.6. The summed E-state index contributed by atoms with van der Waals surface area (Å²) in [5.41, 5.74) is -0.582. The SMILES string of the molecule is C[C@@H](CNC(=O)N(C)CC1(O)CCOCC1)c1ccc(F)cc1F. The Bertz CT molecular complexity index is 577. The Morgan fingerprint density at radius 2 is 2.08 bits per heavy atom. The smallest absolute Gasteiger partial charge is 0.317 e. The topological polar surface area (TPSA) is 61.8 Å². The van der Waals surface area contributed by atoms with Crippen LogP contribution < -0.4 is 5.32 Å². The second kappa shape index (κ2) is 7.90.